The van der Waals surface area contributed by atoms with E-state index in [0.717, 1.165) is 17.9 Å². The van der Waals surface area contributed by atoms with Crippen LogP contribution < -0.4 is 10.6 Å². The maximum atomic E-state index is 3.54. The number of hydrogen-bond acceptors (Lipinski definition) is 2. The molecule has 0 saturated carbocycles. The van der Waals surface area contributed by atoms with E-state index >= 15 is 0 Å². The first-order valence-electron chi connectivity index (χ1n) is 14.6. The van der Waals surface area contributed by atoms with Crippen molar-refractivity contribution in [3.05, 3.63) is 171 Å². The maximum absolute atomic E-state index is 3.54. The third-order valence-electron chi connectivity index (χ3n) is 6.79. The van der Waals surface area contributed by atoms with Crippen LogP contribution >= 0.6 is 0 Å². The Balaban J connectivity index is 0.000000370. The molecule has 2 N–H and O–H groups in total. The van der Waals surface area contributed by atoms with Crippen LogP contribution in [0.3, 0.4) is 0 Å². The van der Waals surface area contributed by atoms with E-state index in [2.05, 4.69) is 151 Å². The highest BCUT2D eigenvalue weighted by molar-refractivity contribution is 6.08. The van der Waals surface area contributed by atoms with Crippen LogP contribution in [0, 0.1) is 0 Å². The van der Waals surface area contributed by atoms with E-state index in [9.17, 15) is 0 Å². The molecule has 0 heterocycles. The average Bonchev–Trinajstić information content (AvgIpc) is 3.06. The molecule has 0 fully saturated rings. The van der Waals surface area contributed by atoms with Gasteiger partial charge in [-0.3, -0.25) is 0 Å². The summed E-state index contributed by atoms with van der Waals surface area (Å²) in [5.74, 6) is 0. The standard InChI is InChI=1S/C32H23N.C6H11N.C3H6/c1-2-6-23(7-3-1)24-12-17-29(18-13-24)33-30-19-14-25(15-20-30)27-16-21-32-28(22-27)11-10-26-8-4-5-9-31(26)32;1-3-5-7-6-4-2;1-3-2/h1-22,33H;3-4,6-7H,1,5H2,2H3;3H,1H2,2H3/b;6-4+;. The van der Waals surface area contributed by atoms with Crippen molar-refractivity contribution in [3.8, 4) is 22.3 Å². The molecular formula is C41H40N2. The molecule has 6 aromatic carbocycles. The Kier molecular flexibility index (Phi) is 11.5. The maximum Gasteiger partial charge on any atom is 0.0384 e. The van der Waals surface area contributed by atoms with Crippen molar-refractivity contribution >= 4 is 32.9 Å². The van der Waals surface area contributed by atoms with Crippen molar-refractivity contribution in [2.24, 2.45) is 0 Å². The predicted octanol–water partition coefficient (Wildman–Crippen LogP) is 11.6. The molecule has 0 amide bonds. The van der Waals surface area contributed by atoms with Gasteiger partial charge in [-0.05, 0) is 94.2 Å². The van der Waals surface area contributed by atoms with Crippen LogP contribution in [-0.4, -0.2) is 6.54 Å². The zero-order valence-corrected chi connectivity index (χ0v) is 25.1. The van der Waals surface area contributed by atoms with Gasteiger partial charge >= 0.3 is 0 Å². The summed E-state index contributed by atoms with van der Waals surface area (Å²) in [6.45, 7) is 11.6. The summed E-state index contributed by atoms with van der Waals surface area (Å²) < 4.78 is 0. The number of fused-ring (bicyclic) bond motifs is 3. The highest BCUT2D eigenvalue weighted by Crippen LogP contribution is 2.31. The minimum Gasteiger partial charge on any atom is -0.388 e. The molecule has 214 valence electrons. The fourth-order valence-corrected chi connectivity index (χ4v) is 4.75. The van der Waals surface area contributed by atoms with E-state index in [-0.39, 0.29) is 0 Å². The summed E-state index contributed by atoms with van der Waals surface area (Å²) in [5.41, 5.74) is 7.07. The topological polar surface area (TPSA) is 24.1 Å². The lowest BCUT2D eigenvalue weighted by Gasteiger charge is -2.10. The van der Waals surface area contributed by atoms with E-state index in [1.165, 1.54) is 43.8 Å². The first-order chi connectivity index (χ1) is 21.2. The van der Waals surface area contributed by atoms with Crippen LogP contribution in [-0.2, 0) is 0 Å². The van der Waals surface area contributed by atoms with Crippen LogP contribution in [0.4, 0.5) is 11.4 Å². The molecule has 0 saturated heterocycles. The molecule has 43 heavy (non-hydrogen) atoms. The SMILES string of the molecule is C=CC.C=CCN/C=C/C.c1ccc(-c2ccc(Nc3ccc(-c4ccc5c(ccc6ccccc65)c4)cc3)cc2)cc1. The fraction of sp³-hybridized carbons (Fsp3) is 0.0732. The number of benzene rings is 6. The smallest absolute Gasteiger partial charge is 0.0384 e. The van der Waals surface area contributed by atoms with Gasteiger partial charge < -0.3 is 10.6 Å². The summed E-state index contributed by atoms with van der Waals surface area (Å²) in [5, 5.41) is 11.7. The lowest BCUT2D eigenvalue weighted by atomic mass is 9.97. The molecule has 2 nitrogen and oxygen atoms in total. The molecule has 0 unspecified atom stereocenters. The summed E-state index contributed by atoms with van der Waals surface area (Å²) in [4.78, 5) is 0. The number of rotatable bonds is 7. The van der Waals surface area contributed by atoms with E-state index in [1.807, 2.05) is 38.3 Å². The first-order valence-corrected chi connectivity index (χ1v) is 14.6. The molecule has 6 rings (SSSR count). The van der Waals surface area contributed by atoms with Gasteiger partial charge in [0, 0.05) is 17.9 Å². The second kappa shape index (κ2) is 16.2. The molecule has 0 aromatic heterocycles. The Hall–Kier alpha value is -5.34. The Morgan fingerprint density at radius 1 is 0.535 bits per heavy atom. The molecule has 2 heteroatoms. The number of allylic oxidation sites excluding steroid dienone is 2. The predicted molar refractivity (Wildman–Crippen MR) is 191 cm³/mol. The zero-order chi connectivity index (χ0) is 30.3. The van der Waals surface area contributed by atoms with Gasteiger partial charge in [-0.2, -0.15) is 0 Å². The zero-order valence-electron chi connectivity index (χ0n) is 25.1. The largest absolute Gasteiger partial charge is 0.388 e. The van der Waals surface area contributed by atoms with Gasteiger partial charge in [0.1, 0.15) is 0 Å². The molecular weight excluding hydrogens is 520 g/mol. The van der Waals surface area contributed by atoms with E-state index in [1.54, 1.807) is 6.08 Å². The van der Waals surface area contributed by atoms with E-state index in [4.69, 9.17) is 0 Å². The molecule has 0 bridgehead atoms. The van der Waals surface area contributed by atoms with Crippen molar-refractivity contribution in [2.75, 3.05) is 11.9 Å². The summed E-state index contributed by atoms with van der Waals surface area (Å²) in [6, 6.07) is 47.4. The summed E-state index contributed by atoms with van der Waals surface area (Å²) in [7, 11) is 0. The third-order valence-corrected chi connectivity index (χ3v) is 6.79. The van der Waals surface area contributed by atoms with E-state index < -0.39 is 0 Å². The van der Waals surface area contributed by atoms with Crippen molar-refractivity contribution in [2.45, 2.75) is 13.8 Å². The third kappa shape index (κ3) is 8.58. The molecule has 0 aliphatic heterocycles. The lowest BCUT2D eigenvalue weighted by molar-refractivity contribution is 0.985. The summed E-state index contributed by atoms with van der Waals surface area (Å²) in [6.07, 6.45) is 7.41. The first kappa shape index (κ1) is 30.6. The van der Waals surface area contributed by atoms with Crippen LogP contribution in [0.2, 0.25) is 0 Å². The van der Waals surface area contributed by atoms with Crippen LogP contribution in [0.1, 0.15) is 13.8 Å². The minimum atomic E-state index is 0.852. The fourth-order valence-electron chi connectivity index (χ4n) is 4.75. The molecule has 0 atom stereocenters. The molecule has 0 aliphatic carbocycles. The minimum absolute atomic E-state index is 0.852. The Bertz CT molecular complexity index is 1760. The molecule has 6 aromatic rings. The van der Waals surface area contributed by atoms with Gasteiger partial charge in [0.05, 0.1) is 0 Å². The van der Waals surface area contributed by atoms with Gasteiger partial charge in [0.2, 0.25) is 0 Å². The molecule has 0 aliphatic rings. The van der Waals surface area contributed by atoms with Crippen molar-refractivity contribution < 1.29 is 0 Å². The Morgan fingerprint density at radius 3 is 1.67 bits per heavy atom. The van der Waals surface area contributed by atoms with Gasteiger partial charge in [0.15, 0.2) is 0 Å². The van der Waals surface area contributed by atoms with Crippen molar-refractivity contribution in [1.29, 1.82) is 0 Å². The van der Waals surface area contributed by atoms with Crippen LogP contribution in [0.25, 0.3) is 43.8 Å². The second-order valence-electron chi connectivity index (χ2n) is 9.97. The van der Waals surface area contributed by atoms with Crippen LogP contribution in [0.5, 0.6) is 0 Å². The molecule has 0 radical (unpaired) electrons. The van der Waals surface area contributed by atoms with Crippen LogP contribution in [0.15, 0.2) is 171 Å². The number of nitrogens with one attached hydrogen (secondary N) is 2. The van der Waals surface area contributed by atoms with Gasteiger partial charge in [-0.25, -0.2) is 0 Å². The van der Waals surface area contributed by atoms with Gasteiger partial charge in [-0.15, -0.1) is 13.2 Å². The van der Waals surface area contributed by atoms with E-state index in [0.29, 0.717) is 0 Å². The van der Waals surface area contributed by atoms with Gasteiger partial charge in [-0.1, -0.05) is 121 Å². The number of hydrogen-bond donors (Lipinski definition) is 2. The van der Waals surface area contributed by atoms with Crippen molar-refractivity contribution in [1.82, 2.24) is 5.32 Å². The average molecular weight is 561 g/mol. The molecule has 0 spiro atoms. The van der Waals surface area contributed by atoms with Gasteiger partial charge in [0.25, 0.3) is 0 Å². The quantitative estimate of drug-likeness (QED) is 0.115. The highest BCUT2D eigenvalue weighted by Gasteiger charge is 2.04. The summed E-state index contributed by atoms with van der Waals surface area (Å²) >= 11 is 0. The Morgan fingerprint density at radius 2 is 1.05 bits per heavy atom. The Labute approximate surface area is 256 Å². The van der Waals surface area contributed by atoms with Crippen molar-refractivity contribution in [3.63, 3.8) is 0 Å². The monoisotopic (exact) mass is 560 g/mol. The highest BCUT2D eigenvalue weighted by atomic mass is 14.9. The second-order valence-corrected chi connectivity index (χ2v) is 9.97. The normalized spacial score (nSPS) is 10.3. The lowest BCUT2D eigenvalue weighted by Crippen LogP contribution is -2.01. The number of anilines is 2.